The molecule has 2 N–H and O–H groups in total. The fraction of sp³-hybridized carbons (Fsp3) is 0.909. The number of hydroxylamine groups is 1. The molecule has 1 rings (SSSR count). The normalized spacial score (nSPS) is 23.5. The number of hydrogen-bond donors (Lipinski definition) is 2. The molecule has 1 aliphatic heterocycles. The minimum absolute atomic E-state index is 0.00470. The second kappa shape index (κ2) is 6.80. The molecular formula is C11H22N2O2. The quantitative estimate of drug-likeness (QED) is 0.673. The van der Waals surface area contributed by atoms with Gasteiger partial charge >= 0.3 is 0 Å². The predicted molar refractivity (Wildman–Crippen MR) is 59.1 cm³/mol. The number of rotatable bonds is 5. The zero-order valence-corrected chi connectivity index (χ0v) is 9.71. The van der Waals surface area contributed by atoms with E-state index in [-0.39, 0.29) is 5.91 Å². The lowest BCUT2D eigenvalue weighted by atomic mass is 9.85. The van der Waals surface area contributed by atoms with E-state index in [9.17, 15) is 4.79 Å². The highest BCUT2D eigenvalue weighted by Gasteiger charge is 2.21. The van der Waals surface area contributed by atoms with Gasteiger partial charge in [-0.1, -0.05) is 6.92 Å². The second-order valence-electron chi connectivity index (χ2n) is 4.25. The summed E-state index contributed by atoms with van der Waals surface area (Å²) in [7, 11) is 0. The lowest BCUT2D eigenvalue weighted by Gasteiger charge is -2.27. The molecule has 0 aromatic heterocycles. The molecule has 0 radical (unpaired) electrons. The first-order valence-corrected chi connectivity index (χ1v) is 5.85. The van der Waals surface area contributed by atoms with Gasteiger partial charge in [0.25, 0.3) is 0 Å². The fourth-order valence-corrected chi connectivity index (χ4v) is 2.02. The predicted octanol–water partition coefficient (Wildman–Crippen LogP) is 1.08. The topological polar surface area (TPSA) is 50.4 Å². The van der Waals surface area contributed by atoms with E-state index in [2.05, 4.69) is 17.7 Å². The highest BCUT2D eigenvalue weighted by Crippen LogP contribution is 2.22. The van der Waals surface area contributed by atoms with Crippen LogP contribution in [0.4, 0.5) is 0 Å². The third-order valence-corrected chi connectivity index (χ3v) is 2.98. The zero-order valence-electron chi connectivity index (χ0n) is 9.71. The van der Waals surface area contributed by atoms with E-state index in [4.69, 9.17) is 4.84 Å². The van der Waals surface area contributed by atoms with Crippen LogP contribution in [0.1, 0.15) is 33.1 Å². The molecular weight excluding hydrogens is 192 g/mol. The third-order valence-electron chi connectivity index (χ3n) is 2.98. The summed E-state index contributed by atoms with van der Waals surface area (Å²) in [5.41, 5.74) is 2.44. The van der Waals surface area contributed by atoms with Crippen LogP contribution >= 0.6 is 0 Å². The van der Waals surface area contributed by atoms with E-state index in [1.165, 1.54) is 12.8 Å². The average Bonchev–Trinajstić information content (AvgIpc) is 2.27. The number of nitrogens with one attached hydrogen (secondary N) is 2. The van der Waals surface area contributed by atoms with E-state index >= 15 is 0 Å². The first-order chi connectivity index (χ1) is 7.24. The summed E-state index contributed by atoms with van der Waals surface area (Å²) in [4.78, 5) is 16.3. The molecule has 2 atom stereocenters. The molecule has 2 unspecified atom stereocenters. The summed E-state index contributed by atoms with van der Waals surface area (Å²) in [5, 5.41) is 3.37. The summed E-state index contributed by atoms with van der Waals surface area (Å²) in [6.45, 7) is 6.68. The molecule has 4 nitrogen and oxygen atoms in total. The number of hydrogen-bond acceptors (Lipinski definition) is 3. The van der Waals surface area contributed by atoms with Crippen molar-refractivity contribution in [1.29, 1.82) is 0 Å². The van der Waals surface area contributed by atoms with Gasteiger partial charge < -0.3 is 5.32 Å². The summed E-state index contributed by atoms with van der Waals surface area (Å²) in [6.07, 6.45) is 3.02. The van der Waals surface area contributed by atoms with Crippen LogP contribution in [0.15, 0.2) is 0 Å². The highest BCUT2D eigenvalue weighted by molar-refractivity contribution is 5.74. The zero-order chi connectivity index (χ0) is 11.1. The van der Waals surface area contributed by atoms with Crippen molar-refractivity contribution in [2.45, 2.75) is 33.1 Å². The van der Waals surface area contributed by atoms with Crippen molar-refractivity contribution in [3.05, 3.63) is 0 Å². The second-order valence-corrected chi connectivity index (χ2v) is 4.25. The van der Waals surface area contributed by atoms with Crippen molar-refractivity contribution in [2.75, 3.05) is 19.7 Å². The molecule has 0 aliphatic carbocycles. The molecule has 0 aromatic carbocycles. The van der Waals surface area contributed by atoms with Gasteiger partial charge in [0.2, 0.25) is 5.91 Å². The molecule has 15 heavy (non-hydrogen) atoms. The Labute approximate surface area is 91.7 Å². The maximum absolute atomic E-state index is 11.4. The summed E-state index contributed by atoms with van der Waals surface area (Å²) in [5.74, 6) is 1.05. The number of piperidine rings is 1. The largest absolute Gasteiger partial charge is 0.316 e. The number of carbonyl (C=O) groups excluding carboxylic acids is 1. The van der Waals surface area contributed by atoms with E-state index < -0.39 is 0 Å². The Hall–Kier alpha value is -0.610. The molecule has 1 saturated heterocycles. The van der Waals surface area contributed by atoms with Crippen molar-refractivity contribution in [3.63, 3.8) is 0 Å². The van der Waals surface area contributed by atoms with Crippen molar-refractivity contribution < 1.29 is 9.63 Å². The minimum atomic E-state index is -0.00470. The summed E-state index contributed by atoms with van der Waals surface area (Å²) >= 11 is 0. The van der Waals surface area contributed by atoms with Crippen LogP contribution in [0.3, 0.4) is 0 Å². The van der Waals surface area contributed by atoms with E-state index in [1.807, 2.05) is 6.92 Å². The Morgan fingerprint density at radius 2 is 2.47 bits per heavy atom. The molecule has 0 saturated carbocycles. The fourth-order valence-electron chi connectivity index (χ4n) is 2.02. The Morgan fingerprint density at radius 1 is 1.67 bits per heavy atom. The van der Waals surface area contributed by atoms with E-state index in [1.54, 1.807) is 0 Å². The van der Waals surface area contributed by atoms with Crippen molar-refractivity contribution in [1.82, 2.24) is 10.8 Å². The van der Waals surface area contributed by atoms with E-state index in [0.29, 0.717) is 24.9 Å². The molecule has 1 fully saturated rings. The molecule has 1 aliphatic rings. The lowest BCUT2D eigenvalue weighted by Crippen LogP contribution is -2.35. The average molecular weight is 214 g/mol. The highest BCUT2D eigenvalue weighted by atomic mass is 16.6. The Kier molecular flexibility index (Phi) is 5.65. The Balaban J connectivity index is 2.21. The Morgan fingerprint density at radius 3 is 3.07 bits per heavy atom. The van der Waals surface area contributed by atoms with Crippen LogP contribution in [-0.4, -0.2) is 25.6 Å². The van der Waals surface area contributed by atoms with Crippen molar-refractivity contribution in [3.8, 4) is 0 Å². The van der Waals surface area contributed by atoms with Crippen LogP contribution in [0.25, 0.3) is 0 Å². The lowest BCUT2D eigenvalue weighted by molar-refractivity contribution is -0.134. The van der Waals surface area contributed by atoms with Gasteiger partial charge in [0.1, 0.15) is 0 Å². The smallest absolute Gasteiger partial charge is 0.243 e. The first-order valence-electron chi connectivity index (χ1n) is 5.85. The van der Waals surface area contributed by atoms with Gasteiger partial charge in [0, 0.05) is 6.42 Å². The van der Waals surface area contributed by atoms with Gasteiger partial charge in [-0.2, -0.15) is 0 Å². The van der Waals surface area contributed by atoms with Gasteiger partial charge in [-0.3, -0.25) is 9.63 Å². The monoisotopic (exact) mass is 214 g/mol. The molecule has 88 valence electrons. The first kappa shape index (κ1) is 12.5. The maximum atomic E-state index is 11.4. The van der Waals surface area contributed by atoms with Gasteiger partial charge in [-0.15, -0.1) is 0 Å². The molecule has 0 spiro atoms. The van der Waals surface area contributed by atoms with Gasteiger partial charge in [0.05, 0.1) is 6.61 Å². The van der Waals surface area contributed by atoms with Gasteiger partial charge in [-0.25, -0.2) is 5.48 Å². The SMILES string of the molecule is CCONC(=O)CC(C)C1CCCNC1. The van der Waals surface area contributed by atoms with Crippen molar-refractivity contribution >= 4 is 5.91 Å². The minimum Gasteiger partial charge on any atom is -0.316 e. The molecule has 1 amide bonds. The van der Waals surface area contributed by atoms with Crippen molar-refractivity contribution in [2.24, 2.45) is 11.8 Å². The summed E-state index contributed by atoms with van der Waals surface area (Å²) in [6, 6.07) is 0. The van der Waals surface area contributed by atoms with Crippen LogP contribution in [0.2, 0.25) is 0 Å². The summed E-state index contributed by atoms with van der Waals surface area (Å²) < 4.78 is 0. The van der Waals surface area contributed by atoms with Gasteiger partial charge in [-0.05, 0) is 44.7 Å². The van der Waals surface area contributed by atoms with Crippen LogP contribution in [-0.2, 0) is 9.63 Å². The molecule has 4 heteroatoms. The van der Waals surface area contributed by atoms with Crippen LogP contribution in [0, 0.1) is 11.8 Å². The molecule has 0 aromatic rings. The molecule has 0 bridgehead atoms. The number of carbonyl (C=O) groups is 1. The Bertz CT molecular complexity index is 191. The standard InChI is InChI=1S/C11H22N2O2/c1-3-15-13-11(14)7-9(2)10-5-4-6-12-8-10/h9-10,12H,3-8H2,1-2H3,(H,13,14). The number of amides is 1. The third kappa shape index (κ3) is 4.62. The van der Waals surface area contributed by atoms with Crippen LogP contribution in [0.5, 0.6) is 0 Å². The van der Waals surface area contributed by atoms with E-state index in [0.717, 1.165) is 13.1 Å². The van der Waals surface area contributed by atoms with Gasteiger partial charge in [0.15, 0.2) is 0 Å². The molecule has 1 heterocycles. The van der Waals surface area contributed by atoms with Crippen LogP contribution < -0.4 is 10.8 Å². The maximum Gasteiger partial charge on any atom is 0.243 e.